The summed E-state index contributed by atoms with van der Waals surface area (Å²) in [7, 11) is 0. The molecule has 116 valence electrons. The molecule has 0 aliphatic rings. The standard InChI is InChI=1S/C16H13Br3S3/c1-7-4-10(14(17)20-7)13(11-5-8(2)21-15(11)18)12-6-9(3)22-16(12)19/h4-6,13H,1-3H3. The van der Waals surface area contributed by atoms with Crippen molar-refractivity contribution < 1.29 is 0 Å². The highest BCUT2D eigenvalue weighted by Gasteiger charge is 2.27. The number of halogens is 3. The van der Waals surface area contributed by atoms with Crippen molar-refractivity contribution in [1.82, 2.24) is 0 Å². The van der Waals surface area contributed by atoms with E-state index < -0.39 is 0 Å². The smallest absolute Gasteiger partial charge is 0.0742 e. The maximum atomic E-state index is 3.77. The molecule has 22 heavy (non-hydrogen) atoms. The summed E-state index contributed by atoms with van der Waals surface area (Å²) in [6.07, 6.45) is 0. The zero-order valence-corrected chi connectivity index (χ0v) is 19.4. The van der Waals surface area contributed by atoms with Crippen molar-refractivity contribution in [2.75, 3.05) is 0 Å². The van der Waals surface area contributed by atoms with E-state index in [1.807, 2.05) is 0 Å². The van der Waals surface area contributed by atoms with Gasteiger partial charge in [0.15, 0.2) is 0 Å². The molecule has 0 unspecified atom stereocenters. The molecule has 0 N–H and O–H groups in total. The zero-order chi connectivity index (χ0) is 16.0. The van der Waals surface area contributed by atoms with Crippen LogP contribution < -0.4 is 0 Å². The van der Waals surface area contributed by atoms with Gasteiger partial charge in [-0.05, 0) is 103 Å². The van der Waals surface area contributed by atoms with Crippen LogP contribution in [0.1, 0.15) is 37.2 Å². The lowest BCUT2D eigenvalue weighted by molar-refractivity contribution is 0.980. The second-order valence-electron chi connectivity index (χ2n) is 5.19. The molecule has 3 aromatic rings. The van der Waals surface area contributed by atoms with Crippen LogP contribution in [0.2, 0.25) is 0 Å². The largest absolute Gasteiger partial charge is 0.133 e. The maximum absolute atomic E-state index is 3.77. The van der Waals surface area contributed by atoms with E-state index in [0.717, 1.165) is 0 Å². The summed E-state index contributed by atoms with van der Waals surface area (Å²) < 4.78 is 3.67. The van der Waals surface area contributed by atoms with E-state index in [2.05, 4.69) is 86.8 Å². The van der Waals surface area contributed by atoms with Gasteiger partial charge in [0.1, 0.15) is 0 Å². The van der Waals surface area contributed by atoms with Crippen LogP contribution in [0.5, 0.6) is 0 Å². The molecule has 6 heteroatoms. The van der Waals surface area contributed by atoms with E-state index in [9.17, 15) is 0 Å². The highest BCUT2D eigenvalue weighted by Crippen LogP contribution is 2.48. The highest BCUT2D eigenvalue weighted by molar-refractivity contribution is 9.11. The Morgan fingerprint density at radius 2 is 0.909 bits per heavy atom. The molecule has 0 spiro atoms. The quantitative estimate of drug-likeness (QED) is 0.313. The van der Waals surface area contributed by atoms with Crippen molar-refractivity contribution in [3.05, 3.63) is 60.9 Å². The molecule has 0 fully saturated rings. The molecule has 0 saturated heterocycles. The van der Waals surface area contributed by atoms with Gasteiger partial charge in [-0.2, -0.15) is 0 Å². The maximum Gasteiger partial charge on any atom is 0.0742 e. The lowest BCUT2D eigenvalue weighted by atomic mass is 9.89. The Morgan fingerprint density at radius 1 is 0.636 bits per heavy atom. The van der Waals surface area contributed by atoms with Crippen LogP contribution >= 0.6 is 81.8 Å². The second-order valence-corrected chi connectivity index (χ2v) is 12.9. The van der Waals surface area contributed by atoms with E-state index in [-0.39, 0.29) is 5.92 Å². The molecule has 3 heterocycles. The molecule has 0 aliphatic carbocycles. The Bertz CT molecular complexity index is 716. The summed E-state index contributed by atoms with van der Waals surface area (Å²) >= 11 is 16.7. The first-order chi connectivity index (χ1) is 10.4. The van der Waals surface area contributed by atoms with Crippen LogP contribution in [0.3, 0.4) is 0 Å². The first-order valence-electron chi connectivity index (χ1n) is 6.64. The van der Waals surface area contributed by atoms with Gasteiger partial charge >= 0.3 is 0 Å². The van der Waals surface area contributed by atoms with Gasteiger partial charge in [0.25, 0.3) is 0 Å². The number of hydrogen-bond donors (Lipinski definition) is 0. The van der Waals surface area contributed by atoms with Crippen LogP contribution in [0.25, 0.3) is 0 Å². The average molecular weight is 541 g/mol. The third kappa shape index (κ3) is 3.33. The topological polar surface area (TPSA) is 0 Å². The Labute approximate surface area is 168 Å². The first-order valence-corrected chi connectivity index (χ1v) is 11.5. The summed E-state index contributed by atoms with van der Waals surface area (Å²) in [5.41, 5.74) is 4.04. The Balaban J connectivity index is 2.25. The molecule has 0 saturated carbocycles. The molecule has 3 rings (SSSR count). The van der Waals surface area contributed by atoms with Crippen molar-refractivity contribution in [3.8, 4) is 0 Å². The molecule has 0 aromatic carbocycles. The molecule has 0 amide bonds. The fraction of sp³-hybridized carbons (Fsp3) is 0.250. The normalized spacial score (nSPS) is 11.6. The van der Waals surface area contributed by atoms with Gasteiger partial charge in [-0.1, -0.05) is 0 Å². The SMILES string of the molecule is Cc1cc(C(c2cc(C)sc2Br)c2cc(C)sc2Br)c(Br)s1. The van der Waals surface area contributed by atoms with Crippen LogP contribution in [-0.4, -0.2) is 0 Å². The van der Waals surface area contributed by atoms with E-state index in [0.29, 0.717) is 0 Å². The molecular formula is C16H13Br3S3. The first kappa shape index (κ1) is 17.4. The van der Waals surface area contributed by atoms with Crippen molar-refractivity contribution in [1.29, 1.82) is 0 Å². The highest BCUT2D eigenvalue weighted by atomic mass is 79.9. The van der Waals surface area contributed by atoms with Crippen molar-refractivity contribution in [2.45, 2.75) is 26.7 Å². The fourth-order valence-corrected chi connectivity index (χ4v) is 8.23. The average Bonchev–Trinajstić information content (AvgIpc) is 3.02. The zero-order valence-electron chi connectivity index (χ0n) is 12.2. The molecule has 0 atom stereocenters. The van der Waals surface area contributed by atoms with Crippen molar-refractivity contribution in [2.24, 2.45) is 0 Å². The predicted molar refractivity (Wildman–Crippen MR) is 111 cm³/mol. The van der Waals surface area contributed by atoms with Gasteiger partial charge < -0.3 is 0 Å². The molecule has 0 bridgehead atoms. The summed E-state index contributed by atoms with van der Waals surface area (Å²) in [5, 5.41) is 0. The van der Waals surface area contributed by atoms with Gasteiger partial charge in [-0.15, -0.1) is 34.0 Å². The summed E-state index contributed by atoms with van der Waals surface area (Å²) in [4.78, 5) is 3.99. The molecular weight excluding hydrogens is 528 g/mol. The Kier molecular flexibility index (Phi) is 5.37. The minimum atomic E-state index is 0.248. The summed E-state index contributed by atoms with van der Waals surface area (Å²) in [5.74, 6) is 0.248. The fourth-order valence-electron chi connectivity index (χ4n) is 2.61. The Morgan fingerprint density at radius 3 is 1.09 bits per heavy atom. The number of thiophene rings is 3. The van der Waals surface area contributed by atoms with Crippen LogP contribution in [0.4, 0.5) is 0 Å². The van der Waals surface area contributed by atoms with Crippen LogP contribution in [0, 0.1) is 20.8 Å². The third-order valence-corrected chi connectivity index (χ3v) is 8.84. The van der Waals surface area contributed by atoms with E-state index in [1.54, 1.807) is 34.0 Å². The predicted octanol–water partition coefficient (Wildman–Crippen LogP) is 8.26. The summed E-state index contributed by atoms with van der Waals surface area (Å²) in [6, 6.07) is 6.91. The minimum Gasteiger partial charge on any atom is -0.133 e. The number of hydrogen-bond acceptors (Lipinski definition) is 3. The van der Waals surface area contributed by atoms with Gasteiger partial charge in [-0.25, -0.2) is 0 Å². The van der Waals surface area contributed by atoms with E-state index in [4.69, 9.17) is 0 Å². The monoisotopic (exact) mass is 538 g/mol. The van der Waals surface area contributed by atoms with Crippen molar-refractivity contribution in [3.63, 3.8) is 0 Å². The van der Waals surface area contributed by atoms with E-state index >= 15 is 0 Å². The summed E-state index contributed by atoms with van der Waals surface area (Å²) in [6.45, 7) is 6.49. The molecule has 0 aliphatic heterocycles. The molecule has 3 aromatic heterocycles. The lowest BCUT2D eigenvalue weighted by Crippen LogP contribution is -2.02. The van der Waals surface area contributed by atoms with Gasteiger partial charge in [-0.3, -0.25) is 0 Å². The number of aryl methyl sites for hydroxylation is 3. The molecule has 0 radical (unpaired) electrons. The second kappa shape index (κ2) is 6.81. The van der Waals surface area contributed by atoms with Gasteiger partial charge in [0, 0.05) is 20.5 Å². The lowest BCUT2D eigenvalue weighted by Gasteiger charge is -2.16. The van der Waals surface area contributed by atoms with Crippen LogP contribution in [0.15, 0.2) is 29.6 Å². The minimum absolute atomic E-state index is 0.248. The van der Waals surface area contributed by atoms with Crippen molar-refractivity contribution >= 4 is 81.8 Å². The number of rotatable bonds is 3. The third-order valence-electron chi connectivity index (χ3n) is 3.44. The van der Waals surface area contributed by atoms with E-state index in [1.165, 1.54) is 42.7 Å². The Hall–Kier alpha value is 0.540. The molecule has 0 nitrogen and oxygen atoms in total. The van der Waals surface area contributed by atoms with Gasteiger partial charge in [0.2, 0.25) is 0 Å². The van der Waals surface area contributed by atoms with Gasteiger partial charge in [0.05, 0.1) is 11.4 Å². The van der Waals surface area contributed by atoms with Crippen LogP contribution in [-0.2, 0) is 0 Å².